The molecular weight excluding hydrogens is 260 g/mol. The minimum atomic E-state index is 0.409. The van der Waals surface area contributed by atoms with Crippen molar-refractivity contribution in [1.82, 2.24) is 4.98 Å². The van der Waals surface area contributed by atoms with Crippen molar-refractivity contribution in [3.05, 3.63) is 18.3 Å². The molecule has 4 heteroatoms. The standard InChI is InChI=1S/C6H7NOSe2/c1-8-6-5(10-9)3-2-4-7-6/h2-4,9H,1H3. The van der Waals surface area contributed by atoms with Crippen LogP contribution in [-0.2, 0) is 0 Å². The van der Waals surface area contributed by atoms with E-state index in [1.807, 2.05) is 12.1 Å². The van der Waals surface area contributed by atoms with Gasteiger partial charge in [-0.15, -0.1) is 0 Å². The van der Waals surface area contributed by atoms with Crippen molar-refractivity contribution >= 4 is 31.8 Å². The van der Waals surface area contributed by atoms with E-state index in [-0.39, 0.29) is 0 Å². The van der Waals surface area contributed by atoms with Crippen LogP contribution < -0.4 is 9.20 Å². The fourth-order valence-corrected chi connectivity index (χ4v) is 2.86. The maximum atomic E-state index is 5.03. The average Bonchev–Trinajstić information content (AvgIpc) is 2.04. The number of methoxy groups -OCH3 is 1. The third-order valence-corrected chi connectivity index (χ3v) is 4.24. The zero-order valence-corrected chi connectivity index (χ0v) is 9.03. The van der Waals surface area contributed by atoms with Gasteiger partial charge in [-0.3, -0.25) is 0 Å². The summed E-state index contributed by atoms with van der Waals surface area (Å²) in [6, 6.07) is 3.96. The first kappa shape index (κ1) is 8.09. The number of ether oxygens (including phenoxy) is 1. The monoisotopic (exact) mass is 269 g/mol. The van der Waals surface area contributed by atoms with Crippen LogP contribution in [0.4, 0.5) is 0 Å². The molecule has 0 amide bonds. The van der Waals surface area contributed by atoms with E-state index in [2.05, 4.69) is 19.2 Å². The van der Waals surface area contributed by atoms with Crippen molar-refractivity contribution in [1.29, 1.82) is 0 Å². The van der Waals surface area contributed by atoms with E-state index in [0.29, 0.717) is 13.1 Å². The van der Waals surface area contributed by atoms with Gasteiger partial charge in [0.15, 0.2) is 0 Å². The average molecular weight is 267 g/mol. The minimum absolute atomic E-state index is 0.409. The van der Waals surface area contributed by atoms with Gasteiger partial charge in [0.05, 0.1) is 0 Å². The van der Waals surface area contributed by atoms with Crippen molar-refractivity contribution in [2.24, 2.45) is 0 Å². The summed E-state index contributed by atoms with van der Waals surface area (Å²) >= 11 is 2.97. The van der Waals surface area contributed by atoms with Crippen molar-refractivity contribution in [2.75, 3.05) is 7.11 Å². The molecule has 0 aliphatic heterocycles. The summed E-state index contributed by atoms with van der Waals surface area (Å²) in [5.74, 6) is 0.753. The van der Waals surface area contributed by atoms with Gasteiger partial charge < -0.3 is 0 Å². The molecule has 0 saturated carbocycles. The Hall–Kier alpha value is -0.0110. The summed E-state index contributed by atoms with van der Waals surface area (Å²) in [6.45, 7) is 0. The fraction of sp³-hybridized carbons (Fsp3) is 0.167. The Bertz CT molecular complexity index is 194. The molecule has 1 aromatic heterocycles. The Morgan fingerprint density at radius 1 is 1.70 bits per heavy atom. The van der Waals surface area contributed by atoms with Crippen LogP contribution in [0, 0.1) is 0 Å². The van der Waals surface area contributed by atoms with Gasteiger partial charge in [0, 0.05) is 0 Å². The predicted molar refractivity (Wildman–Crippen MR) is 43.3 cm³/mol. The van der Waals surface area contributed by atoms with E-state index in [4.69, 9.17) is 4.74 Å². The Balaban J connectivity index is 2.96. The summed E-state index contributed by atoms with van der Waals surface area (Å²) in [6.07, 6.45) is 1.74. The van der Waals surface area contributed by atoms with E-state index in [9.17, 15) is 0 Å². The molecule has 0 saturated heterocycles. The molecule has 0 unspecified atom stereocenters. The van der Waals surface area contributed by atoms with Gasteiger partial charge in [-0.2, -0.15) is 0 Å². The quantitative estimate of drug-likeness (QED) is 0.657. The van der Waals surface area contributed by atoms with Crippen LogP contribution in [0.3, 0.4) is 0 Å². The first-order valence-electron chi connectivity index (χ1n) is 2.69. The molecular formula is C6H7NOSe2. The molecule has 0 radical (unpaired) electrons. The Morgan fingerprint density at radius 2 is 2.50 bits per heavy atom. The zero-order valence-electron chi connectivity index (χ0n) is 5.44. The van der Waals surface area contributed by atoms with Crippen molar-refractivity contribution < 1.29 is 4.74 Å². The number of rotatable bonds is 2. The zero-order chi connectivity index (χ0) is 7.40. The molecule has 0 spiro atoms. The van der Waals surface area contributed by atoms with Crippen LogP contribution in [0.1, 0.15) is 0 Å². The van der Waals surface area contributed by atoms with Crippen LogP contribution >= 0.6 is 0 Å². The molecule has 0 aromatic carbocycles. The normalized spacial score (nSPS) is 9.40. The second-order valence-electron chi connectivity index (χ2n) is 1.60. The molecule has 54 valence electrons. The first-order valence-corrected chi connectivity index (χ1v) is 8.29. The van der Waals surface area contributed by atoms with E-state index >= 15 is 0 Å². The summed E-state index contributed by atoms with van der Waals surface area (Å²) in [5, 5.41) is 0. The third kappa shape index (κ3) is 1.74. The van der Waals surface area contributed by atoms with Gasteiger partial charge in [-0.05, 0) is 0 Å². The van der Waals surface area contributed by atoms with Gasteiger partial charge >= 0.3 is 72.8 Å². The molecule has 0 aliphatic carbocycles. The number of aromatic nitrogens is 1. The second kappa shape index (κ2) is 3.99. The second-order valence-corrected chi connectivity index (χ2v) is 4.90. The van der Waals surface area contributed by atoms with Gasteiger partial charge in [-0.25, -0.2) is 0 Å². The van der Waals surface area contributed by atoms with E-state index < -0.39 is 0 Å². The van der Waals surface area contributed by atoms with Crippen molar-refractivity contribution in [3.8, 4) is 5.88 Å². The summed E-state index contributed by atoms with van der Waals surface area (Å²) in [7, 11) is 1.64. The SMILES string of the molecule is COc1ncccc1[Se][SeH]. The summed E-state index contributed by atoms with van der Waals surface area (Å²) in [4.78, 5) is 4.05. The maximum absolute atomic E-state index is 5.03. The van der Waals surface area contributed by atoms with Crippen molar-refractivity contribution in [3.63, 3.8) is 0 Å². The number of nitrogens with zero attached hydrogens (tertiary/aromatic N) is 1. The molecule has 0 bridgehead atoms. The summed E-state index contributed by atoms with van der Waals surface area (Å²) < 4.78 is 6.22. The molecule has 0 aliphatic rings. The van der Waals surface area contributed by atoms with Crippen LogP contribution in [0.2, 0.25) is 0 Å². The molecule has 0 atom stereocenters. The topological polar surface area (TPSA) is 22.1 Å². The Morgan fingerprint density at radius 3 is 3.00 bits per heavy atom. The molecule has 1 rings (SSSR count). The van der Waals surface area contributed by atoms with Gasteiger partial charge in [0.25, 0.3) is 0 Å². The first-order chi connectivity index (χ1) is 4.88. The van der Waals surface area contributed by atoms with E-state index in [1.165, 1.54) is 4.46 Å². The number of hydrogen-bond acceptors (Lipinski definition) is 2. The Labute approximate surface area is 72.9 Å². The molecule has 1 heterocycles. The Kier molecular flexibility index (Phi) is 3.23. The molecule has 0 fully saturated rings. The predicted octanol–water partition coefficient (Wildman–Crippen LogP) is -0.765. The molecule has 1 aromatic rings. The van der Waals surface area contributed by atoms with Crippen molar-refractivity contribution in [2.45, 2.75) is 0 Å². The van der Waals surface area contributed by atoms with Gasteiger partial charge in [0.1, 0.15) is 0 Å². The van der Waals surface area contributed by atoms with Gasteiger partial charge in [0.2, 0.25) is 0 Å². The van der Waals surface area contributed by atoms with Crippen LogP contribution in [0.15, 0.2) is 18.3 Å². The van der Waals surface area contributed by atoms with Crippen LogP contribution in [-0.4, -0.2) is 39.4 Å². The van der Waals surface area contributed by atoms with Gasteiger partial charge in [-0.1, -0.05) is 0 Å². The van der Waals surface area contributed by atoms with E-state index in [0.717, 1.165) is 5.88 Å². The van der Waals surface area contributed by atoms with Crippen LogP contribution in [0.5, 0.6) is 5.88 Å². The number of pyridine rings is 1. The molecule has 2 nitrogen and oxygen atoms in total. The molecule has 10 heavy (non-hydrogen) atoms. The molecule has 0 N–H and O–H groups in total. The summed E-state index contributed by atoms with van der Waals surface area (Å²) in [5.41, 5.74) is 0. The van der Waals surface area contributed by atoms with Crippen LogP contribution in [0.25, 0.3) is 0 Å². The van der Waals surface area contributed by atoms with E-state index in [1.54, 1.807) is 13.3 Å². The number of hydrogen-bond donors (Lipinski definition) is 0. The fourth-order valence-electron chi connectivity index (χ4n) is 0.599. The third-order valence-electron chi connectivity index (χ3n) is 1.03.